The maximum absolute atomic E-state index is 5.67. The second-order valence-corrected chi connectivity index (χ2v) is 6.29. The fraction of sp³-hybridized carbons (Fsp3) is 1.00. The van der Waals surface area contributed by atoms with Crippen molar-refractivity contribution in [2.45, 2.75) is 39.0 Å². The van der Waals surface area contributed by atoms with Gasteiger partial charge in [-0.2, -0.15) is 0 Å². The molecule has 1 fully saturated rings. The van der Waals surface area contributed by atoms with Gasteiger partial charge in [0.15, 0.2) is 0 Å². The SMILES string of the molecule is CCCCOCCOCCOCCC1(CBr)CCCOC1. The molecule has 0 radical (unpaired) electrons. The topological polar surface area (TPSA) is 36.9 Å². The van der Waals surface area contributed by atoms with Gasteiger partial charge in [0.2, 0.25) is 0 Å². The summed E-state index contributed by atoms with van der Waals surface area (Å²) in [7, 11) is 0. The standard InChI is InChI=1S/C16H31BrO4/c1-2-3-7-18-10-12-20-13-11-19-9-6-16(14-17)5-4-8-21-15-16/h2-15H2,1H3. The van der Waals surface area contributed by atoms with Crippen molar-refractivity contribution in [3.63, 3.8) is 0 Å². The van der Waals surface area contributed by atoms with Crippen LogP contribution in [0.15, 0.2) is 0 Å². The number of unbranched alkanes of at least 4 members (excludes halogenated alkanes) is 1. The number of hydrogen-bond acceptors (Lipinski definition) is 4. The molecule has 1 rings (SSSR count). The first kappa shape index (κ1) is 19.4. The quantitative estimate of drug-likeness (QED) is 0.369. The van der Waals surface area contributed by atoms with Crippen molar-refractivity contribution in [1.82, 2.24) is 0 Å². The normalized spacial score (nSPS) is 22.6. The third-order valence-corrected chi connectivity index (χ3v) is 5.04. The van der Waals surface area contributed by atoms with Gasteiger partial charge >= 0.3 is 0 Å². The number of alkyl halides is 1. The van der Waals surface area contributed by atoms with Gasteiger partial charge < -0.3 is 18.9 Å². The third kappa shape index (κ3) is 9.14. The van der Waals surface area contributed by atoms with E-state index in [0.717, 1.165) is 51.0 Å². The molecule has 0 amide bonds. The van der Waals surface area contributed by atoms with Crippen LogP contribution in [-0.2, 0) is 18.9 Å². The van der Waals surface area contributed by atoms with E-state index in [1.807, 2.05) is 0 Å². The second-order valence-electron chi connectivity index (χ2n) is 5.73. The van der Waals surface area contributed by atoms with E-state index in [0.29, 0.717) is 26.4 Å². The lowest BCUT2D eigenvalue weighted by Crippen LogP contribution is -2.34. The van der Waals surface area contributed by atoms with E-state index in [-0.39, 0.29) is 5.41 Å². The minimum atomic E-state index is 0.270. The molecule has 1 heterocycles. The maximum Gasteiger partial charge on any atom is 0.0701 e. The predicted octanol–water partition coefficient (Wildman–Crippen LogP) is 3.42. The van der Waals surface area contributed by atoms with Crippen molar-refractivity contribution >= 4 is 15.9 Å². The molecule has 1 atom stereocenters. The van der Waals surface area contributed by atoms with Gasteiger partial charge in [0.25, 0.3) is 0 Å². The van der Waals surface area contributed by atoms with Crippen LogP contribution in [0.5, 0.6) is 0 Å². The van der Waals surface area contributed by atoms with Gasteiger partial charge in [-0.3, -0.25) is 0 Å². The molecular weight excluding hydrogens is 336 g/mol. The van der Waals surface area contributed by atoms with Crippen LogP contribution in [0.1, 0.15) is 39.0 Å². The molecule has 0 aromatic heterocycles. The Balaban J connectivity index is 1.87. The molecule has 1 saturated heterocycles. The van der Waals surface area contributed by atoms with Gasteiger partial charge in [0.05, 0.1) is 33.0 Å². The van der Waals surface area contributed by atoms with Gasteiger partial charge in [-0.1, -0.05) is 29.3 Å². The van der Waals surface area contributed by atoms with Crippen LogP contribution in [0, 0.1) is 5.41 Å². The van der Waals surface area contributed by atoms with Crippen LogP contribution in [0.25, 0.3) is 0 Å². The first-order chi connectivity index (χ1) is 10.3. The van der Waals surface area contributed by atoms with Crippen LogP contribution in [0.4, 0.5) is 0 Å². The van der Waals surface area contributed by atoms with Crippen molar-refractivity contribution < 1.29 is 18.9 Å². The van der Waals surface area contributed by atoms with Crippen LogP contribution in [0.2, 0.25) is 0 Å². The smallest absolute Gasteiger partial charge is 0.0701 e. The summed E-state index contributed by atoms with van der Waals surface area (Å²) in [5, 5.41) is 0.995. The molecule has 0 saturated carbocycles. The van der Waals surface area contributed by atoms with Crippen molar-refractivity contribution in [2.24, 2.45) is 5.41 Å². The molecule has 21 heavy (non-hydrogen) atoms. The molecule has 0 aromatic carbocycles. The summed E-state index contributed by atoms with van der Waals surface area (Å²) in [4.78, 5) is 0. The van der Waals surface area contributed by atoms with Crippen LogP contribution in [0.3, 0.4) is 0 Å². The minimum absolute atomic E-state index is 0.270. The average Bonchev–Trinajstić information content (AvgIpc) is 2.53. The van der Waals surface area contributed by atoms with Gasteiger partial charge in [-0.25, -0.2) is 0 Å². The number of hydrogen-bond donors (Lipinski definition) is 0. The minimum Gasteiger partial charge on any atom is -0.381 e. The molecule has 0 N–H and O–H groups in total. The lowest BCUT2D eigenvalue weighted by atomic mass is 9.82. The number of halogens is 1. The van der Waals surface area contributed by atoms with E-state index in [1.54, 1.807) is 0 Å². The summed E-state index contributed by atoms with van der Waals surface area (Å²) in [6.07, 6.45) is 5.75. The summed E-state index contributed by atoms with van der Waals surface area (Å²) in [6.45, 7) is 8.20. The predicted molar refractivity (Wildman–Crippen MR) is 88.3 cm³/mol. The molecule has 5 heteroatoms. The van der Waals surface area contributed by atoms with E-state index in [1.165, 1.54) is 12.8 Å². The molecular formula is C16H31BrO4. The van der Waals surface area contributed by atoms with Gasteiger partial charge in [-0.05, 0) is 25.7 Å². The molecule has 1 aliphatic heterocycles. The van der Waals surface area contributed by atoms with E-state index in [2.05, 4.69) is 22.9 Å². The molecule has 0 spiro atoms. The lowest BCUT2D eigenvalue weighted by molar-refractivity contribution is -0.0242. The molecule has 0 aliphatic carbocycles. The van der Waals surface area contributed by atoms with Crippen LogP contribution < -0.4 is 0 Å². The zero-order valence-electron chi connectivity index (χ0n) is 13.4. The third-order valence-electron chi connectivity index (χ3n) is 3.85. The highest BCUT2D eigenvalue weighted by Gasteiger charge is 2.31. The zero-order valence-corrected chi connectivity index (χ0v) is 15.0. The number of ether oxygens (including phenoxy) is 4. The summed E-state index contributed by atoms with van der Waals surface area (Å²) in [6, 6.07) is 0. The largest absolute Gasteiger partial charge is 0.381 e. The summed E-state index contributed by atoms with van der Waals surface area (Å²) < 4.78 is 22.2. The highest BCUT2D eigenvalue weighted by Crippen LogP contribution is 2.34. The maximum atomic E-state index is 5.67. The zero-order chi connectivity index (χ0) is 15.2. The first-order valence-corrected chi connectivity index (χ1v) is 9.32. The Bertz CT molecular complexity index is 232. The van der Waals surface area contributed by atoms with Gasteiger partial charge in [0, 0.05) is 30.6 Å². The van der Waals surface area contributed by atoms with E-state index in [4.69, 9.17) is 18.9 Å². The Labute approximate surface area is 138 Å². The van der Waals surface area contributed by atoms with Crippen molar-refractivity contribution in [3.8, 4) is 0 Å². The van der Waals surface area contributed by atoms with E-state index >= 15 is 0 Å². The van der Waals surface area contributed by atoms with Gasteiger partial charge in [0.1, 0.15) is 0 Å². The van der Waals surface area contributed by atoms with Crippen molar-refractivity contribution in [2.75, 3.05) is 58.2 Å². The van der Waals surface area contributed by atoms with E-state index in [9.17, 15) is 0 Å². The summed E-state index contributed by atoms with van der Waals surface area (Å²) >= 11 is 3.62. The fourth-order valence-electron chi connectivity index (χ4n) is 2.36. The van der Waals surface area contributed by atoms with E-state index < -0.39 is 0 Å². The molecule has 126 valence electrons. The Morgan fingerprint density at radius 2 is 1.67 bits per heavy atom. The monoisotopic (exact) mass is 366 g/mol. The highest BCUT2D eigenvalue weighted by atomic mass is 79.9. The highest BCUT2D eigenvalue weighted by molar-refractivity contribution is 9.09. The Hall–Kier alpha value is 0.320. The molecule has 4 nitrogen and oxygen atoms in total. The first-order valence-electron chi connectivity index (χ1n) is 8.20. The van der Waals surface area contributed by atoms with Crippen molar-refractivity contribution in [1.29, 1.82) is 0 Å². The second kappa shape index (κ2) is 12.8. The fourth-order valence-corrected chi connectivity index (χ4v) is 3.08. The Morgan fingerprint density at radius 3 is 2.24 bits per heavy atom. The Morgan fingerprint density at radius 1 is 1.00 bits per heavy atom. The number of rotatable bonds is 13. The van der Waals surface area contributed by atoms with Crippen molar-refractivity contribution in [3.05, 3.63) is 0 Å². The molecule has 1 aliphatic rings. The Kier molecular flexibility index (Phi) is 11.8. The average molecular weight is 367 g/mol. The van der Waals surface area contributed by atoms with Crippen LogP contribution >= 0.6 is 15.9 Å². The summed E-state index contributed by atoms with van der Waals surface area (Å²) in [5.41, 5.74) is 0.270. The van der Waals surface area contributed by atoms with Crippen LogP contribution in [-0.4, -0.2) is 58.2 Å². The molecule has 1 unspecified atom stereocenters. The summed E-state index contributed by atoms with van der Waals surface area (Å²) in [5.74, 6) is 0. The lowest BCUT2D eigenvalue weighted by Gasteiger charge is -2.35. The van der Waals surface area contributed by atoms with Gasteiger partial charge in [-0.15, -0.1) is 0 Å². The molecule has 0 aromatic rings. The molecule has 0 bridgehead atoms.